The van der Waals surface area contributed by atoms with Gasteiger partial charge in [-0.25, -0.2) is 8.42 Å². The van der Waals surface area contributed by atoms with Crippen LogP contribution in [0.2, 0.25) is 0 Å². The zero-order chi connectivity index (χ0) is 19.0. The fraction of sp³-hybridized carbons (Fsp3) is 0.176. The van der Waals surface area contributed by atoms with Gasteiger partial charge < -0.3 is 14.8 Å². The molecule has 2 aliphatic rings. The zero-order valence-electron chi connectivity index (χ0n) is 13.9. The van der Waals surface area contributed by atoms with Crippen molar-refractivity contribution in [3.05, 3.63) is 48.0 Å². The van der Waals surface area contributed by atoms with E-state index in [2.05, 4.69) is 10.7 Å². The quantitative estimate of drug-likeness (QED) is 0.648. The summed E-state index contributed by atoms with van der Waals surface area (Å²) in [5.74, 6) is 0.0348. The second-order valence-electron chi connectivity index (χ2n) is 6.00. The van der Waals surface area contributed by atoms with Crippen LogP contribution in [0.4, 0.5) is 5.69 Å². The minimum atomic E-state index is -4.01. The topological polar surface area (TPSA) is 123 Å². The molecule has 0 spiro atoms. The van der Waals surface area contributed by atoms with Crippen molar-refractivity contribution in [2.75, 3.05) is 11.9 Å². The molecule has 2 aliphatic heterocycles. The number of sulfonamides is 1. The monoisotopic (exact) mass is 389 g/mol. The normalized spacial score (nSPS) is 17.8. The van der Waals surface area contributed by atoms with Crippen LogP contribution in [0.3, 0.4) is 0 Å². The maximum atomic E-state index is 12.4. The van der Waals surface area contributed by atoms with Crippen LogP contribution in [-0.2, 0) is 26.0 Å². The molecule has 140 valence electrons. The number of para-hydroxylation sites is 2. The number of hydrogen-bond acceptors (Lipinski definition) is 6. The molecule has 4 rings (SSSR count). The lowest BCUT2D eigenvalue weighted by atomic mass is 10.2. The van der Waals surface area contributed by atoms with Crippen molar-refractivity contribution in [1.29, 1.82) is 0 Å². The number of benzene rings is 2. The van der Waals surface area contributed by atoms with Gasteiger partial charge in [0.05, 0.1) is 11.3 Å². The number of carbonyl (C=O) groups excluding carboxylic acids is 2. The van der Waals surface area contributed by atoms with Crippen LogP contribution < -0.4 is 25.0 Å². The Bertz CT molecular complexity index is 1040. The lowest BCUT2D eigenvalue weighted by Gasteiger charge is -2.25. The zero-order valence-corrected chi connectivity index (χ0v) is 14.7. The maximum Gasteiger partial charge on any atom is 0.279 e. The first-order valence-corrected chi connectivity index (χ1v) is 9.54. The molecule has 2 heterocycles. The summed E-state index contributed by atoms with van der Waals surface area (Å²) in [5, 5.41) is 2.62. The second kappa shape index (κ2) is 6.56. The van der Waals surface area contributed by atoms with E-state index in [0.717, 1.165) is 0 Å². The van der Waals surface area contributed by atoms with Crippen LogP contribution in [0.25, 0.3) is 0 Å². The lowest BCUT2D eigenvalue weighted by Crippen LogP contribution is -2.50. The molecule has 0 aromatic heterocycles. The summed E-state index contributed by atoms with van der Waals surface area (Å²) in [6, 6.07) is 11.1. The number of ether oxygens (including phenoxy) is 2. The molecule has 27 heavy (non-hydrogen) atoms. The predicted octanol–water partition coefficient (Wildman–Crippen LogP) is 0.331. The van der Waals surface area contributed by atoms with E-state index < -0.39 is 22.0 Å². The fourth-order valence-electron chi connectivity index (χ4n) is 2.78. The first-order valence-electron chi connectivity index (χ1n) is 8.05. The average molecular weight is 389 g/mol. The third kappa shape index (κ3) is 3.44. The number of carbonyl (C=O) groups is 2. The molecule has 1 atom stereocenters. The number of rotatable bonds is 4. The maximum absolute atomic E-state index is 12.4. The van der Waals surface area contributed by atoms with Crippen LogP contribution in [0.5, 0.6) is 11.5 Å². The third-order valence-electron chi connectivity index (χ3n) is 4.12. The first kappa shape index (κ1) is 17.3. The Morgan fingerprint density at radius 1 is 1.15 bits per heavy atom. The summed E-state index contributed by atoms with van der Waals surface area (Å²) in [6.07, 6.45) is -0.887. The Morgan fingerprint density at radius 3 is 2.74 bits per heavy atom. The standard InChI is InChI=1S/C17H15N3O6S/c21-16-8-10-7-11(5-6-12(10)18-16)27(23,24)20-19-17(22)15-9-25-13-3-1-2-4-14(13)26-15/h1-7,15,20H,8-9H2,(H,18,21)(H,19,22)/t15-/m1/s1. The van der Waals surface area contributed by atoms with Gasteiger partial charge in [-0.15, -0.1) is 4.83 Å². The molecule has 3 N–H and O–H groups in total. The molecule has 0 bridgehead atoms. The van der Waals surface area contributed by atoms with Crippen LogP contribution in [0.1, 0.15) is 5.56 Å². The highest BCUT2D eigenvalue weighted by atomic mass is 32.2. The van der Waals surface area contributed by atoms with Crippen LogP contribution in [-0.4, -0.2) is 32.9 Å². The molecule has 2 aromatic rings. The van der Waals surface area contributed by atoms with Crippen molar-refractivity contribution in [2.24, 2.45) is 0 Å². The summed E-state index contributed by atoms with van der Waals surface area (Å²) in [5.41, 5.74) is 3.29. The highest BCUT2D eigenvalue weighted by Gasteiger charge is 2.29. The van der Waals surface area contributed by atoms with Gasteiger partial charge in [-0.3, -0.25) is 15.0 Å². The number of hydrazine groups is 1. The van der Waals surface area contributed by atoms with E-state index in [1.807, 2.05) is 4.83 Å². The van der Waals surface area contributed by atoms with E-state index in [1.54, 1.807) is 24.3 Å². The Labute approximate surface area is 154 Å². The highest BCUT2D eigenvalue weighted by molar-refractivity contribution is 7.89. The van der Waals surface area contributed by atoms with Gasteiger partial charge in [-0.05, 0) is 35.9 Å². The van der Waals surface area contributed by atoms with Crippen LogP contribution in [0.15, 0.2) is 47.4 Å². The molecule has 0 saturated heterocycles. The van der Waals surface area contributed by atoms with E-state index >= 15 is 0 Å². The summed E-state index contributed by atoms with van der Waals surface area (Å²) in [4.78, 5) is 25.6. The SMILES string of the molecule is O=C1Cc2cc(S(=O)(=O)NNC(=O)[C@H]3COc4ccccc4O3)ccc2N1. The molecular formula is C17H15N3O6S. The molecular weight excluding hydrogens is 374 g/mol. The first-order chi connectivity index (χ1) is 12.9. The third-order valence-corrected chi connectivity index (χ3v) is 5.37. The second-order valence-corrected chi connectivity index (χ2v) is 7.69. The molecule has 10 heteroatoms. The molecule has 0 fully saturated rings. The van der Waals surface area contributed by atoms with Gasteiger partial charge in [0.1, 0.15) is 6.61 Å². The largest absolute Gasteiger partial charge is 0.485 e. The van der Waals surface area contributed by atoms with E-state index in [0.29, 0.717) is 22.7 Å². The minimum absolute atomic E-state index is 0.0444. The molecule has 0 radical (unpaired) electrons. The molecule has 0 unspecified atom stereocenters. The molecule has 0 saturated carbocycles. The number of hydrogen-bond donors (Lipinski definition) is 3. The molecule has 9 nitrogen and oxygen atoms in total. The van der Waals surface area contributed by atoms with Gasteiger partial charge in [-0.2, -0.15) is 0 Å². The lowest BCUT2D eigenvalue weighted by molar-refractivity contribution is -0.130. The number of fused-ring (bicyclic) bond motifs is 2. The number of amides is 2. The van der Waals surface area contributed by atoms with Gasteiger partial charge >= 0.3 is 0 Å². The fourth-order valence-corrected chi connectivity index (χ4v) is 3.68. The summed E-state index contributed by atoms with van der Waals surface area (Å²) < 4.78 is 35.7. The van der Waals surface area contributed by atoms with Crippen molar-refractivity contribution in [2.45, 2.75) is 17.4 Å². The Hall–Kier alpha value is -3.11. The van der Waals surface area contributed by atoms with Crippen LogP contribution in [0, 0.1) is 0 Å². The Morgan fingerprint density at radius 2 is 1.93 bits per heavy atom. The van der Waals surface area contributed by atoms with Crippen LogP contribution >= 0.6 is 0 Å². The smallest absolute Gasteiger partial charge is 0.279 e. The van der Waals surface area contributed by atoms with E-state index in [4.69, 9.17) is 9.47 Å². The molecule has 0 aliphatic carbocycles. The highest BCUT2D eigenvalue weighted by Crippen LogP contribution is 2.31. The molecule has 2 aromatic carbocycles. The Balaban J connectivity index is 1.42. The van der Waals surface area contributed by atoms with E-state index in [1.165, 1.54) is 18.2 Å². The van der Waals surface area contributed by atoms with Crippen molar-refractivity contribution in [1.82, 2.24) is 10.3 Å². The molecule has 2 amide bonds. The van der Waals surface area contributed by atoms with E-state index in [9.17, 15) is 18.0 Å². The van der Waals surface area contributed by atoms with Gasteiger partial charge in [0, 0.05) is 5.69 Å². The van der Waals surface area contributed by atoms with Gasteiger partial charge in [-0.1, -0.05) is 12.1 Å². The van der Waals surface area contributed by atoms with E-state index in [-0.39, 0.29) is 23.8 Å². The van der Waals surface area contributed by atoms with Gasteiger partial charge in [0.25, 0.3) is 15.9 Å². The minimum Gasteiger partial charge on any atom is -0.485 e. The van der Waals surface area contributed by atoms with Crippen molar-refractivity contribution < 1.29 is 27.5 Å². The summed E-state index contributed by atoms with van der Waals surface area (Å²) >= 11 is 0. The predicted molar refractivity (Wildman–Crippen MR) is 93.6 cm³/mol. The van der Waals surface area contributed by atoms with Crippen molar-refractivity contribution >= 4 is 27.5 Å². The summed E-state index contributed by atoms with van der Waals surface area (Å²) in [7, 11) is -4.01. The number of anilines is 1. The van der Waals surface area contributed by atoms with Crippen molar-refractivity contribution in [3.8, 4) is 11.5 Å². The average Bonchev–Trinajstić information content (AvgIpc) is 3.05. The number of nitrogens with one attached hydrogen (secondary N) is 3. The summed E-state index contributed by atoms with van der Waals surface area (Å²) in [6.45, 7) is -0.0444. The van der Waals surface area contributed by atoms with Gasteiger partial charge in [0.15, 0.2) is 11.5 Å². The van der Waals surface area contributed by atoms with Crippen molar-refractivity contribution in [3.63, 3.8) is 0 Å². The van der Waals surface area contributed by atoms with Gasteiger partial charge in [0.2, 0.25) is 12.0 Å². The Kier molecular flexibility index (Phi) is 4.21.